The summed E-state index contributed by atoms with van der Waals surface area (Å²) in [6.07, 6.45) is 0. The molecule has 0 fully saturated rings. The van der Waals surface area contributed by atoms with Crippen LogP contribution >= 0.6 is 0 Å². The van der Waals surface area contributed by atoms with E-state index in [2.05, 4.69) is 290 Å². The second kappa shape index (κ2) is 18.0. The number of anilines is 3. The van der Waals surface area contributed by atoms with Gasteiger partial charge in [-0.05, 0) is 158 Å². The molecule has 0 spiro atoms. The van der Waals surface area contributed by atoms with E-state index in [0.29, 0.717) is 0 Å². The summed E-state index contributed by atoms with van der Waals surface area (Å²) >= 11 is 0. The average molecular weight is 902 g/mol. The zero-order valence-corrected chi connectivity index (χ0v) is 39.1. The van der Waals surface area contributed by atoms with Crippen molar-refractivity contribution in [2.24, 2.45) is 0 Å². The summed E-state index contributed by atoms with van der Waals surface area (Å²) in [6.45, 7) is 0. The van der Waals surface area contributed by atoms with Crippen molar-refractivity contribution in [2.75, 3.05) is 4.90 Å². The molecular weight excluding hydrogens is 855 g/mol. The monoisotopic (exact) mass is 901 g/mol. The first-order valence-corrected chi connectivity index (χ1v) is 24.5. The van der Waals surface area contributed by atoms with Crippen LogP contribution in [0, 0.1) is 0 Å². The summed E-state index contributed by atoms with van der Waals surface area (Å²) in [5.41, 5.74) is 17.8. The third-order valence-electron chi connectivity index (χ3n) is 14.3. The Labute approximate surface area is 414 Å². The molecule has 1 heteroatoms. The fourth-order valence-corrected chi connectivity index (χ4v) is 10.7. The van der Waals surface area contributed by atoms with Gasteiger partial charge in [0, 0.05) is 17.1 Å². The Balaban J connectivity index is 0.886. The Morgan fingerprint density at radius 2 is 0.577 bits per heavy atom. The van der Waals surface area contributed by atoms with Crippen LogP contribution in [0.25, 0.3) is 110 Å². The van der Waals surface area contributed by atoms with Crippen LogP contribution in [0.1, 0.15) is 0 Å². The minimum Gasteiger partial charge on any atom is -0.311 e. The SMILES string of the molecule is c1ccc(-c2c(-c3ccccc3)c3cc(-c4ccc(N(c5ccc(-c6ccc(-c7ccc8ccccc8c7)cc6)cc5)c5ccc(-c6cccc7ccccc67)cc5)cc4)ccc3c3ccccc23)cc1. The van der Waals surface area contributed by atoms with Gasteiger partial charge in [0.1, 0.15) is 0 Å². The Bertz CT molecular complexity index is 4040. The molecule has 71 heavy (non-hydrogen) atoms. The van der Waals surface area contributed by atoms with E-state index in [1.54, 1.807) is 0 Å². The van der Waals surface area contributed by atoms with Gasteiger partial charge in [-0.15, -0.1) is 0 Å². The van der Waals surface area contributed by atoms with E-state index in [1.807, 2.05) is 0 Å². The highest BCUT2D eigenvalue weighted by Crippen LogP contribution is 2.46. The second-order valence-electron chi connectivity index (χ2n) is 18.4. The fourth-order valence-electron chi connectivity index (χ4n) is 10.7. The maximum absolute atomic E-state index is 2.41. The van der Waals surface area contributed by atoms with Crippen LogP contribution in [-0.2, 0) is 0 Å². The molecule has 0 heterocycles. The number of fused-ring (bicyclic) bond motifs is 5. The predicted octanol–water partition coefficient (Wildman–Crippen LogP) is 19.8. The van der Waals surface area contributed by atoms with Crippen LogP contribution in [0.5, 0.6) is 0 Å². The molecule has 0 aliphatic heterocycles. The summed E-state index contributed by atoms with van der Waals surface area (Å²) < 4.78 is 0. The van der Waals surface area contributed by atoms with E-state index in [1.165, 1.54) is 104 Å². The molecule has 0 bridgehead atoms. The van der Waals surface area contributed by atoms with Crippen LogP contribution < -0.4 is 4.90 Å². The van der Waals surface area contributed by atoms with Gasteiger partial charge in [-0.3, -0.25) is 0 Å². The largest absolute Gasteiger partial charge is 0.311 e. The highest BCUT2D eigenvalue weighted by Gasteiger charge is 2.19. The molecule has 0 amide bonds. The standard InChI is InChI=1S/C70H47N/c1-3-16-55(17-4-1)69-67-24-12-11-23-65(67)66-45-38-59(47-68(66)70(69)56-18-5-2-6-19-56)52-34-41-61(42-35-52)71(62-43-36-54(37-44-62)64-25-13-21-53-15-9-10-22-63(53)64)60-39-32-50(33-40-60)49-26-28-51(29-27-49)58-31-30-48-14-7-8-20-57(48)46-58/h1-47H. The van der Waals surface area contributed by atoms with Gasteiger partial charge < -0.3 is 4.90 Å². The van der Waals surface area contributed by atoms with Crippen molar-refractivity contribution in [3.8, 4) is 66.8 Å². The first kappa shape index (κ1) is 41.9. The van der Waals surface area contributed by atoms with E-state index in [4.69, 9.17) is 0 Å². The van der Waals surface area contributed by atoms with Gasteiger partial charge in [0.15, 0.2) is 0 Å². The zero-order chi connectivity index (χ0) is 47.1. The fraction of sp³-hybridized carbons (Fsp3) is 0. The van der Waals surface area contributed by atoms with E-state index in [0.717, 1.165) is 22.6 Å². The van der Waals surface area contributed by atoms with Crippen LogP contribution in [-0.4, -0.2) is 0 Å². The summed E-state index contributed by atoms with van der Waals surface area (Å²) in [4.78, 5) is 2.37. The third-order valence-corrected chi connectivity index (χ3v) is 14.3. The molecule has 0 unspecified atom stereocenters. The zero-order valence-electron chi connectivity index (χ0n) is 39.1. The lowest BCUT2D eigenvalue weighted by atomic mass is 9.84. The quantitative estimate of drug-likeness (QED) is 0.131. The topological polar surface area (TPSA) is 3.24 Å². The maximum atomic E-state index is 2.41. The maximum Gasteiger partial charge on any atom is 0.0462 e. The molecule has 0 saturated carbocycles. The van der Waals surface area contributed by atoms with Crippen molar-refractivity contribution in [2.45, 2.75) is 0 Å². The van der Waals surface area contributed by atoms with Crippen molar-refractivity contribution < 1.29 is 0 Å². The molecule has 0 aromatic heterocycles. The number of benzene rings is 13. The first-order valence-electron chi connectivity index (χ1n) is 24.5. The van der Waals surface area contributed by atoms with E-state index in [9.17, 15) is 0 Å². The normalized spacial score (nSPS) is 11.4. The molecule has 0 aliphatic carbocycles. The lowest BCUT2D eigenvalue weighted by Crippen LogP contribution is -2.09. The number of hydrogen-bond donors (Lipinski definition) is 0. The van der Waals surface area contributed by atoms with Crippen molar-refractivity contribution in [1.29, 1.82) is 0 Å². The average Bonchev–Trinajstić information content (AvgIpc) is 3.45. The number of hydrogen-bond acceptors (Lipinski definition) is 1. The smallest absolute Gasteiger partial charge is 0.0462 e. The summed E-state index contributed by atoms with van der Waals surface area (Å²) in [5, 5.41) is 10.0. The molecule has 0 N–H and O–H groups in total. The molecule has 332 valence electrons. The van der Waals surface area contributed by atoms with Crippen molar-refractivity contribution >= 4 is 60.2 Å². The van der Waals surface area contributed by atoms with Crippen LogP contribution in [0.15, 0.2) is 285 Å². The predicted molar refractivity (Wildman–Crippen MR) is 304 cm³/mol. The van der Waals surface area contributed by atoms with Crippen molar-refractivity contribution in [1.82, 2.24) is 0 Å². The summed E-state index contributed by atoms with van der Waals surface area (Å²) in [7, 11) is 0. The van der Waals surface area contributed by atoms with Crippen molar-refractivity contribution in [3.63, 3.8) is 0 Å². The van der Waals surface area contributed by atoms with Crippen LogP contribution in [0.4, 0.5) is 17.1 Å². The molecule has 13 aromatic rings. The van der Waals surface area contributed by atoms with Crippen LogP contribution in [0.2, 0.25) is 0 Å². The van der Waals surface area contributed by atoms with E-state index >= 15 is 0 Å². The third kappa shape index (κ3) is 7.80. The van der Waals surface area contributed by atoms with Gasteiger partial charge >= 0.3 is 0 Å². The van der Waals surface area contributed by atoms with E-state index < -0.39 is 0 Å². The molecule has 0 aliphatic rings. The van der Waals surface area contributed by atoms with Crippen LogP contribution in [0.3, 0.4) is 0 Å². The number of rotatable bonds is 9. The van der Waals surface area contributed by atoms with Gasteiger partial charge in [0.25, 0.3) is 0 Å². The minimum atomic E-state index is 1.09. The Hall–Kier alpha value is -9.30. The Morgan fingerprint density at radius 1 is 0.183 bits per heavy atom. The molecule has 0 atom stereocenters. The summed E-state index contributed by atoms with van der Waals surface area (Å²) in [5.74, 6) is 0. The summed E-state index contributed by atoms with van der Waals surface area (Å²) in [6, 6.07) is 104. The minimum absolute atomic E-state index is 1.09. The Morgan fingerprint density at radius 3 is 1.18 bits per heavy atom. The van der Waals surface area contributed by atoms with Gasteiger partial charge in [0.2, 0.25) is 0 Å². The molecule has 0 saturated heterocycles. The highest BCUT2D eigenvalue weighted by atomic mass is 15.1. The van der Waals surface area contributed by atoms with Gasteiger partial charge in [-0.2, -0.15) is 0 Å². The first-order chi connectivity index (χ1) is 35.2. The molecule has 13 rings (SSSR count). The van der Waals surface area contributed by atoms with E-state index in [-0.39, 0.29) is 0 Å². The molecule has 0 radical (unpaired) electrons. The molecule has 13 aromatic carbocycles. The van der Waals surface area contributed by atoms with Gasteiger partial charge in [0.05, 0.1) is 0 Å². The second-order valence-corrected chi connectivity index (χ2v) is 18.4. The Kier molecular flexibility index (Phi) is 10.6. The molecule has 1 nitrogen and oxygen atoms in total. The lowest BCUT2D eigenvalue weighted by Gasteiger charge is -2.26. The molecular formula is C70H47N. The van der Waals surface area contributed by atoms with Crippen molar-refractivity contribution in [3.05, 3.63) is 285 Å². The highest BCUT2D eigenvalue weighted by molar-refractivity contribution is 6.22. The van der Waals surface area contributed by atoms with Gasteiger partial charge in [-0.25, -0.2) is 0 Å². The lowest BCUT2D eigenvalue weighted by molar-refractivity contribution is 1.28. The van der Waals surface area contributed by atoms with Gasteiger partial charge in [-0.1, -0.05) is 237 Å². The number of nitrogens with zero attached hydrogens (tertiary/aromatic N) is 1.